The highest BCUT2D eigenvalue weighted by atomic mass is 32.1. The van der Waals surface area contributed by atoms with E-state index >= 15 is 0 Å². The summed E-state index contributed by atoms with van der Waals surface area (Å²) in [6.45, 7) is 1.25. The van der Waals surface area contributed by atoms with Gasteiger partial charge in [0.25, 0.3) is 11.6 Å². The number of hydrogen-bond acceptors (Lipinski definition) is 5. The van der Waals surface area contributed by atoms with Crippen molar-refractivity contribution in [2.45, 2.75) is 12.5 Å². The van der Waals surface area contributed by atoms with E-state index in [1.807, 2.05) is 23.6 Å². The van der Waals surface area contributed by atoms with Crippen molar-refractivity contribution < 1.29 is 9.72 Å². The van der Waals surface area contributed by atoms with Crippen LogP contribution in [0.4, 0.5) is 11.4 Å². The Kier molecular flexibility index (Phi) is 5.08. The van der Waals surface area contributed by atoms with Crippen LogP contribution in [0.1, 0.15) is 26.8 Å². The van der Waals surface area contributed by atoms with Gasteiger partial charge in [0, 0.05) is 29.7 Å². The van der Waals surface area contributed by atoms with E-state index in [0.29, 0.717) is 6.54 Å². The number of carbonyl (C=O) groups excluding carboxylic acids is 1. The molecule has 1 unspecified atom stereocenters. The highest BCUT2D eigenvalue weighted by Crippen LogP contribution is 2.36. The van der Waals surface area contributed by atoms with Crippen LogP contribution in [-0.4, -0.2) is 23.9 Å². The molecule has 0 saturated carbocycles. The number of benzene rings is 2. The SMILES string of the molecule is O=C(NCC(c1cccs1)N1CCc2ccccc21)c1ccccc1[N+](=O)[O-]. The normalized spacial score (nSPS) is 13.8. The molecule has 0 saturated heterocycles. The molecule has 0 spiro atoms. The highest BCUT2D eigenvalue weighted by molar-refractivity contribution is 7.10. The minimum absolute atomic E-state index is 0.0182. The number of rotatable bonds is 6. The summed E-state index contributed by atoms with van der Waals surface area (Å²) in [5.41, 5.74) is 2.38. The van der Waals surface area contributed by atoms with E-state index < -0.39 is 10.8 Å². The van der Waals surface area contributed by atoms with E-state index in [0.717, 1.165) is 17.8 Å². The Labute approximate surface area is 166 Å². The molecule has 4 rings (SSSR count). The summed E-state index contributed by atoms with van der Waals surface area (Å²) in [5, 5.41) is 16.2. The van der Waals surface area contributed by atoms with Gasteiger partial charge in [0.1, 0.15) is 5.56 Å². The number of nitro benzene ring substituents is 1. The molecular formula is C21H19N3O3S. The lowest BCUT2D eigenvalue weighted by Crippen LogP contribution is -2.37. The highest BCUT2D eigenvalue weighted by Gasteiger charge is 2.29. The fourth-order valence-electron chi connectivity index (χ4n) is 3.64. The Bertz CT molecular complexity index is 1000. The lowest BCUT2D eigenvalue weighted by molar-refractivity contribution is -0.385. The Morgan fingerprint density at radius 3 is 2.71 bits per heavy atom. The minimum Gasteiger partial charge on any atom is -0.361 e. The van der Waals surface area contributed by atoms with Crippen LogP contribution in [0.3, 0.4) is 0 Å². The monoisotopic (exact) mass is 393 g/mol. The van der Waals surface area contributed by atoms with Gasteiger partial charge in [-0.15, -0.1) is 11.3 Å². The van der Waals surface area contributed by atoms with E-state index in [4.69, 9.17) is 0 Å². The van der Waals surface area contributed by atoms with Crippen molar-refractivity contribution >= 4 is 28.6 Å². The maximum atomic E-state index is 12.7. The number of thiophene rings is 1. The third-order valence-corrected chi connectivity index (χ3v) is 5.95. The van der Waals surface area contributed by atoms with Gasteiger partial charge in [-0.1, -0.05) is 36.4 Å². The second-order valence-electron chi connectivity index (χ2n) is 6.59. The molecule has 1 amide bonds. The molecule has 6 nitrogen and oxygen atoms in total. The average Bonchev–Trinajstić information content (AvgIpc) is 3.39. The van der Waals surface area contributed by atoms with Crippen LogP contribution >= 0.6 is 11.3 Å². The van der Waals surface area contributed by atoms with Crippen molar-refractivity contribution in [2.24, 2.45) is 0 Å². The standard InChI is InChI=1S/C21H19N3O3S/c25-21(16-7-2-4-9-18(16)24(26)27)22-14-19(20-10-5-13-28-20)23-12-11-15-6-1-3-8-17(15)23/h1-10,13,19H,11-12,14H2,(H,22,25). The molecule has 2 heterocycles. The first-order chi connectivity index (χ1) is 13.6. The van der Waals surface area contributed by atoms with Crippen LogP contribution in [0.5, 0.6) is 0 Å². The quantitative estimate of drug-likeness (QED) is 0.503. The van der Waals surface area contributed by atoms with Gasteiger partial charge < -0.3 is 10.2 Å². The average molecular weight is 393 g/mol. The van der Waals surface area contributed by atoms with E-state index in [-0.39, 0.29) is 17.3 Å². The molecule has 1 atom stereocenters. The Hall–Kier alpha value is -3.19. The molecule has 3 aromatic rings. The van der Waals surface area contributed by atoms with Gasteiger partial charge in [-0.25, -0.2) is 0 Å². The number of anilines is 1. The molecule has 1 N–H and O–H groups in total. The predicted molar refractivity (Wildman–Crippen MR) is 110 cm³/mol. The number of fused-ring (bicyclic) bond motifs is 1. The smallest absolute Gasteiger partial charge is 0.282 e. The van der Waals surface area contributed by atoms with Gasteiger partial charge in [0.2, 0.25) is 0 Å². The number of nitro groups is 1. The summed E-state index contributed by atoms with van der Waals surface area (Å²) in [7, 11) is 0. The molecular weight excluding hydrogens is 374 g/mol. The lowest BCUT2D eigenvalue weighted by Gasteiger charge is -2.30. The van der Waals surface area contributed by atoms with Crippen LogP contribution in [-0.2, 0) is 6.42 Å². The summed E-state index contributed by atoms with van der Waals surface area (Å²) >= 11 is 1.65. The van der Waals surface area contributed by atoms with Gasteiger partial charge in [-0.3, -0.25) is 14.9 Å². The maximum absolute atomic E-state index is 12.7. The van der Waals surface area contributed by atoms with E-state index in [2.05, 4.69) is 28.4 Å². The Morgan fingerprint density at radius 1 is 1.14 bits per heavy atom. The van der Waals surface area contributed by atoms with Gasteiger partial charge in [0.05, 0.1) is 11.0 Å². The summed E-state index contributed by atoms with van der Waals surface area (Å²) in [6, 6.07) is 18.4. The fraction of sp³-hybridized carbons (Fsp3) is 0.190. The zero-order chi connectivity index (χ0) is 19.5. The first-order valence-electron chi connectivity index (χ1n) is 9.04. The zero-order valence-corrected chi connectivity index (χ0v) is 15.9. The number of nitrogens with zero attached hydrogens (tertiary/aromatic N) is 2. The predicted octanol–water partition coefficient (Wildman–Crippen LogP) is 4.19. The number of carbonyl (C=O) groups is 1. The molecule has 142 valence electrons. The molecule has 7 heteroatoms. The van der Waals surface area contributed by atoms with Crippen LogP contribution in [0.15, 0.2) is 66.0 Å². The topological polar surface area (TPSA) is 75.5 Å². The molecule has 2 aromatic carbocycles. The molecule has 0 bridgehead atoms. The first-order valence-corrected chi connectivity index (χ1v) is 9.92. The molecule has 28 heavy (non-hydrogen) atoms. The lowest BCUT2D eigenvalue weighted by atomic mass is 10.1. The molecule has 0 fully saturated rings. The first kappa shape index (κ1) is 18.2. The summed E-state index contributed by atoms with van der Waals surface area (Å²) < 4.78 is 0. The maximum Gasteiger partial charge on any atom is 0.282 e. The van der Waals surface area contributed by atoms with Gasteiger partial charge in [-0.05, 0) is 35.6 Å². The summed E-state index contributed by atoms with van der Waals surface area (Å²) in [5.74, 6) is -0.429. The zero-order valence-electron chi connectivity index (χ0n) is 15.1. The van der Waals surface area contributed by atoms with Gasteiger partial charge in [0.15, 0.2) is 0 Å². The van der Waals surface area contributed by atoms with Crippen molar-refractivity contribution in [1.82, 2.24) is 5.32 Å². The summed E-state index contributed by atoms with van der Waals surface area (Å²) in [6.07, 6.45) is 0.968. The number of para-hydroxylation sites is 2. The van der Waals surface area contributed by atoms with Crippen LogP contribution < -0.4 is 10.2 Å². The molecule has 0 radical (unpaired) electrons. The summed E-state index contributed by atoms with van der Waals surface area (Å²) in [4.78, 5) is 26.8. The Balaban J connectivity index is 1.57. The van der Waals surface area contributed by atoms with E-state index in [1.165, 1.54) is 23.4 Å². The molecule has 0 aliphatic carbocycles. The third-order valence-electron chi connectivity index (χ3n) is 4.97. The minimum atomic E-state index is -0.525. The van der Waals surface area contributed by atoms with Crippen molar-refractivity contribution in [3.8, 4) is 0 Å². The van der Waals surface area contributed by atoms with Crippen LogP contribution in [0, 0.1) is 10.1 Å². The van der Waals surface area contributed by atoms with Crippen molar-refractivity contribution in [1.29, 1.82) is 0 Å². The molecule has 1 aliphatic heterocycles. The van der Waals surface area contributed by atoms with Crippen LogP contribution in [0.25, 0.3) is 0 Å². The number of nitrogens with one attached hydrogen (secondary N) is 1. The number of amides is 1. The van der Waals surface area contributed by atoms with Crippen molar-refractivity contribution in [2.75, 3.05) is 18.0 Å². The second-order valence-corrected chi connectivity index (χ2v) is 7.57. The van der Waals surface area contributed by atoms with Crippen molar-refractivity contribution in [3.05, 3.63) is 92.2 Å². The second kappa shape index (κ2) is 7.82. The Morgan fingerprint density at radius 2 is 1.93 bits per heavy atom. The van der Waals surface area contributed by atoms with Gasteiger partial charge in [-0.2, -0.15) is 0 Å². The fourth-order valence-corrected chi connectivity index (χ4v) is 4.48. The third kappa shape index (κ3) is 3.48. The molecule has 1 aromatic heterocycles. The number of hydrogen-bond donors (Lipinski definition) is 1. The molecule has 1 aliphatic rings. The van der Waals surface area contributed by atoms with E-state index in [1.54, 1.807) is 23.5 Å². The van der Waals surface area contributed by atoms with Crippen LogP contribution in [0.2, 0.25) is 0 Å². The van der Waals surface area contributed by atoms with E-state index in [9.17, 15) is 14.9 Å². The van der Waals surface area contributed by atoms with Crippen molar-refractivity contribution in [3.63, 3.8) is 0 Å². The van der Waals surface area contributed by atoms with Gasteiger partial charge >= 0.3 is 0 Å². The largest absolute Gasteiger partial charge is 0.361 e.